The van der Waals surface area contributed by atoms with Crippen LogP contribution in [0.25, 0.3) is 11.1 Å². The van der Waals surface area contributed by atoms with Gasteiger partial charge in [0.25, 0.3) is 0 Å². The summed E-state index contributed by atoms with van der Waals surface area (Å²) in [5.74, 6) is 0. The number of aromatic nitrogens is 2. The van der Waals surface area contributed by atoms with E-state index in [1.807, 2.05) is 0 Å². The van der Waals surface area contributed by atoms with Crippen LogP contribution in [0.4, 0.5) is 18.9 Å². The molecule has 0 fully saturated rings. The number of anilines is 1. The molecule has 0 saturated carbocycles. The van der Waals surface area contributed by atoms with Gasteiger partial charge in [0.05, 0.1) is 5.02 Å². The topological polar surface area (TPSA) is 43.8 Å². The van der Waals surface area contributed by atoms with Gasteiger partial charge in [0.1, 0.15) is 0 Å². The second kappa shape index (κ2) is 4.77. The van der Waals surface area contributed by atoms with Crippen LogP contribution in [0.15, 0.2) is 24.4 Å². The molecule has 0 spiro atoms. The molecule has 3 nitrogen and oxygen atoms in total. The van der Waals surface area contributed by atoms with E-state index in [4.69, 9.17) is 17.3 Å². The molecule has 0 aliphatic rings. The summed E-state index contributed by atoms with van der Waals surface area (Å²) in [6, 6.07) is 4.58. The predicted molar refractivity (Wildman–Crippen MR) is 67.8 cm³/mol. The first-order chi connectivity index (χ1) is 8.84. The van der Waals surface area contributed by atoms with Gasteiger partial charge in [-0.25, -0.2) is 0 Å². The third-order valence-electron chi connectivity index (χ3n) is 2.67. The molecule has 2 aromatic rings. The lowest BCUT2D eigenvalue weighted by Gasteiger charge is -2.09. The van der Waals surface area contributed by atoms with Crippen molar-refractivity contribution in [3.05, 3.63) is 35.1 Å². The number of nitrogens with two attached hydrogens (primary N) is 1. The molecule has 2 rings (SSSR count). The van der Waals surface area contributed by atoms with Gasteiger partial charge in [-0.2, -0.15) is 18.3 Å². The van der Waals surface area contributed by atoms with Crippen LogP contribution >= 0.6 is 11.6 Å². The van der Waals surface area contributed by atoms with E-state index in [2.05, 4.69) is 5.10 Å². The number of nitrogens with zero attached hydrogens (tertiary/aromatic N) is 2. The average molecular weight is 290 g/mol. The van der Waals surface area contributed by atoms with Crippen LogP contribution in [0.2, 0.25) is 5.02 Å². The zero-order valence-electron chi connectivity index (χ0n) is 10.0. The smallest absolute Gasteiger partial charge is 0.398 e. The van der Waals surface area contributed by atoms with E-state index in [9.17, 15) is 13.2 Å². The summed E-state index contributed by atoms with van der Waals surface area (Å²) in [5, 5.41) is 3.70. The first-order valence-corrected chi connectivity index (χ1v) is 5.91. The Morgan fingerprint density at radius 1 is 1.37 bits per heavy atom. The van der Waals surface area contributed by atoms with Crippen molar-refractivity contribution in [1.82, 2.24) is 9.78 Å². The number of aryl methyl sites for hydroxylation is 1. The molecule has 0 bridgehead atoms. The lowest BCUT2D eigenvalue weighted by molar-refractivity contribution is -0.141. The minimum absolute atomic E-state index is 0.0996. The monoisotopic (exact) mass is 289 g/mol. The maximum absolute atomic E-state index is 13.0. The number of hydrogen-bond acceptors (Lipinski definition) is 2. The molecular weight excluding hydrogens is 279 g/mol. The summed E-state index contributed by atoms with van der Waals surface area (Å²) in [7, 11) is 0. The van der Waals surface area contributed by atoms with Gasteiger partial charge in [0.15, 0.2) is 5.69 Å². The van der Waals surface area contributed by atoms with Crippen molar-refractivity contribution >= 4 is 17.3 Å². The first-order valence-electron chi connectivity index (χ1n) is 5.53. The molecule has 1 aromatic heterocycles. The van der Waals surface area contributed by atoms with Gasteiger partial charge in [-0.15, -0.1) is 0 Å². The zero-order chi connectivity index (χ0) is 14.2. The Balaban J connectivity index is 2.71. The Morgan fingerprint density at radius 2 is 2.05 bits per heavy atom. The number of hydrogen-bond donors (Lipinski definition) is 1. The fourth-order valence-corrected chi connectivity index (χ4v) is 2.08. The van der Waals surface area contributed by atoms with Gasteiger partial charge in [-0.3, -0.25) is 4.68 Å². The van der Waals surface area contributed by atoms with Crippen LogP contribution in [0.3, 0.4) is 0 Å². The van der Waals surface area contributed by atoms with Gasteiger partial charge in [-0.05, 0) is 19.1 Å². The molecule has 0 saturated heterocycles. The van der Waals surface area contributed by atoms with Crippen LogP contribution in [0.5, 0.6) is 0 Å². The van der Waals surface area contributed by atoms with Gasteiger partial charge >= 0.3 is 6.18 Å². The second-order valence-corrected chi connectivity index (χ2v) is 4.36. The van der Waals surface area contributed by atoms with Crippen LogP contribution in [-0.2, 0) is 12.7 Å². The quantitative estimate of drug-likeness (QED) is 0.854. The number of benzene rings is 1. The van der Waals surface area contributed by atoms with Crippen molar-refractivity contribution in [2.24, 2.45) is 0 Å². The Kier molecular flexibility index (Phi) is 3.45. The Bertz CT molecular complexity index is 585. The van der Waals surface area contributed by atoms with Crippen molar-refractivity contribution in [1.29, 1.82) is 0 Å². The molecule has 0 aliphatic heterocycles. The number of halogens is 4. The van der Waals surface area contributed by atoms with Crippen molar-refractivity contribution in [2.75, 3.05) is 5.73 Å². The molecule has 1 aromatic carbocycles. The number of rotatable bonds is 2. The van der Waals surface area contributed by atoms with E-state index >= 15 is 0 Å². The first kappa shape index (κ1) is 13.7. The van der Waals surface area contributed by atoms with E-state index in [0.717, 1.165) is 0 Å². The molecule has 0 radical (unpaired) electrons. The summed E-state index contributed by atoms with van der Waals surface area (Å²) in [4.78, 5) is 0. The van der Waals surface area contributed by atoms with Crippen LogP contribution in [-0.4, -0.2) is 9.78 Å². The van der Waals surface area contributed by atoms with Gasteiger partial charge < -0.3 is 5.73 Å². The van der Waals surface area contributed by atoms with Crippen molar-refractivity contribution in [3.63, 3.8) is 0 Å². The van der Waals surface area contributed by atoms with Gasteiger partial charge in [-0.1, -0.05) is 17.7 Å². The molecular formula is C12H11ClF3N3. The summed E-state index contributed by atoms with van der Waals surface area (Å²) >= 11 is 5.95. The Hall–Kier alpha value is -1.69. The lowest BCUT2D eigenvalue weighted by Crippen LogP contribution is -2.09. The predicted octanol–water partition coefficient (Wildman–Crippen LogP) is 3.82. The van der Waals surface area contributed by atoms with E-state index in [1.54, 1.807) is 13.0 Å². The minimum atomic E-state index is -4.55. The van der Waals surface area contributed by atoms with Crippen molar-refractivity contribution in [2.45, 2.75) is 19.6 Å². The highest BCUT2D eigenvalue weighted by Gasteiger charge is 2.38. The molecule has 0 amide bonds. The molecule has 0 atom stereocenters. The van der Waals surface area contributed by atoms with E-state index in [-0.39, 0.29) is 21.8 Å². The molecule has 0 unspecified atom stereocenters. The SMILES string of the molecule is CCn1cc(-c2c(N)cccc2Cl)c(C(F)(F)F)n1. The fourth-order valence-electron chi connectivity index (χ4n) is 1.80. The maximum atomic E-state index is 13.0. The molecule has 2 N–H and O–H groups in total. The van der Waals surface area contributed by atoms with E-state index in [0.29, 0.717) is 6.54 Å². The number of nitrogen functional groups attached to an aromatic ring is 1. The summed E-state index contributed by atoms with van der Waals surface area (Å²) in [5.41, 5.74) is 5.00. The van der Waals surface area contributed by atoms with Crippen molar-refractivity contribution in [3.8, 4) is 11.1 Å². The molecule has 19 heavy (non-hydrogen) atoms. The summed E-state index contributed by atoms with van der Waals surface area (Å²) in [6.45, 7) is 2.03. The Morgan fingerprint density at radius 3 is 2.58 bits per heavy atom. The Labute approximate surface area is 112 Å². The highest BCUT2D eigenvalue weighted by Crippen LogP contribution is 2.41. The van der Waals surface area contributed by atoms with Crippen LogP contribution in [0.1, 0.15) is 12.6 Å². The minimum Gasteiger partial charge on any atom is -0.398 e. The average Bonchev–Trinajstić information content (AvgIpc) is 2.72. The largest absolute Gasteiger partial charge is 0.435 e. The standard InChI is InChI=1S/C12H11ClF3N3/c1-2-19-6-7(11(18-19)12(14,15)16)10-8(13)4-3-5-9(10)17/h3-6H,2,17H2,1H3. The third-order valence-corrected chi connectivity index (χ3v) is 2.98. The van der Waals surface area contributed by atoms with Gasteiger partial charge in [0.2, 0.25) is 0 Å². The van der Waals surface area contributed by atoms with E-state index in [1.165, 1.54) is 23.0 Å². The summed E-state index contributed by atoms with van der Waals surface area (Å²) < 4.78 is 40.2. The van der Waals surface area contributed by atoms with E-state index < -0.39 is 11.9 Å². The zero-order valence-corrected chi connectivity index (χ0v) is 10.8. The summed E-state index contributed by atoms with van der Waals surface area (Å²) in [6.07, 6.45) is -3.25. The molecule has 0 aliphatic carbocycles. The fraction of sp³-hybridized carbons (Fsp3) is 0.250. The second-order valence-electron chi connectivity index (χ2n) is 3.95. The normalized spacial score (nSPS) is 11.8. The molecule has 1 heterocycles. The van der Waals surface area contributed by atoms with Crippen LogP contribution in [0, 0.1) is 0 Å². The lowest BCUT2D eigenvalue weighted by atomic mass is 10.0. The van der Waals surface area contributed by atoms with Crippen LogP contribution < -0.4 is 5.73 Å². The molecule has 7 heteroatoms. The highest BCUT2D eigenvalue weighted by atomic mass is 35.5. The highest BCUT2D eigenvalue weighted by molar-refractivity contribution is 6.34. The number of alkyl halides is 3. The van der Waals surface area contributed by atoms with Gasteiger partial charge in [0, 0.05) is 29.6 Å². The van der Waals surface area contributed by atoms with Crippen molar-refractivity contribution < 1.29 is 13.2 Å². The molecule has 102 valence electrons. The third kappa shape index (κ3) is 2.53. The maximum Gasteiger partial charge on any atom is 0.435 e.